The van der Waals surface area contributed by atoms with E-state index in [1.165, 1.54) is 0 Å². The molecule has 1 rings (SSSR count). The lowest BCUT2D eigenvalue weighted by Gasteiger charge is -2.28. The van der Waals surface area contributed by atoms with E-state index in [0.717, 1.165) is 0 Å². The Morgan fingerprint density at radius 1 is 1.42 bits per heavy atom. The van der Waals surface area contributed by atoms with Gasteiger partial charge in [0.2, 0.25) is 5.91 Å². The zero-order chi connectivity index (χ0) is 9.35. The van der Waals surface area contributed by atoms with Crippen molar-refractivity contribution in [3.05, 3.63) is 0 Å². The Kier molecular flexibility index (Phi) is 2.27. The van der Waals surface area contributed by atoms with Crippen LogP contribution in [0.5, 0.6) is 0 Å². The summed E-state index contributed by atoms with van der Waals surface area (Å²) >= 11 is 0. The lowest BCUT2D eigenvalue weighted by Crippen LogP contribution is -2.55. The van der Waals surface area contributed by atoms with Crippen molar-refractivity contribution < 1.29 is 18.0 Å². The molecule has 0 radical (unpaired) electrons. The molecule has 1 fully saturated rings. The lowest BCUT2D eigenvalue weighted by molar-refractivity contribution is -0.167. The molecule has 12 heavy (non-hydrogen) atoms. The number of nitrogens with two attached hydrogens (primary N) is 1. The molecular weight excluding hydrogens is 173 g/mol. The summed E-state index contributed by atoms with van der Waals surface area (Å²) < 4.78 is 36.0. The van der Waals surface area contributed by atoms with Crippen molar-refractivity contribution in [2.75, 3.05) is 0 Å². The molecule has 1 aliphatic heterocycles. The quantitative estimate of drug-likeness (QED) is 0.560. The van der Waals surface area contributed by atoms with Crippen LogP contribution < -0.4 is 11.1 Å². The first-order valence-corrected chi connectivity index (χ1v) is 3.54. The van der Waals surface area contributed by atoms with Gasteiger partial charge in [-0.05, 0) is 12.8 Å². The van der Waals surface area contributed by atoms with Crippen LogP contribution in [0.25, 0.3) is 0 Å². The van der Waals surface area contributed by atoms with Crippen molar-refractivity contribution in [3.63, 3.8) is 0 Å². The average Bonchev–Trinajstić information content (AvgIpc) is 1.92. The Labute approximate surface area is 67.1 Å². The van der Waals surface area contributed by atoms with Gasteiger partial charge in [0.05, 0.1) is 6.04 Å². The summed E-state index contributed by atoms with van der Waals surface area (Å²) in [4.78, 5) is 10.7. The number of hydrogen-bond acceptors (Lipinski definition) is 2. The molecule has 0 spiro atoms. The van der Waals surface area contributed by atoms with Gasteiger partial charge in [-0.25, -0.2) is 0 Å². The number of halogens is 3. The molecule has 6 heteroatoms. The van der Waals surface area contributed by atoms with E-state index < -0.39 is 24.2 Å². The van der Waals surface area contributed by atoms with Gasteiger partial charge in [0.15, 0.2) is 0 Å². The maximum Gasteiger partial charge on any atom is 0.408 e. The standard InChI is InChI=1S/C6H9F3N2O/c7-6(8,9)4-2-1-3(10)5(12)11-4/h3-4H,1-2,10H2,(H,11,12)/t3-,4+/m1/s1. The summed E-state index contributed by atoms with van der Waals surface area (Å²) in [6, 6.07) is -2.51. The van der Waals surface area contributed by atoms with Crippen molar-refractivity contribution in [2.24, 2.45) is 5.73 Å². The predicted octanol–water partition coefficient (Wildman–Crippen LogP) is 0.155. The number of alkyl halides is 3. The maximum atomic E-state index is 12.0. The molecule has 1 aliphatic rings. The third-order valence-corrected chi connectivity index (χ3v) is 1.81. The van der Waals surface area contributed by atoms with Crippen LogP contribution in [0.4, 0.5) is 13.2 Å². The van der Waals surface area contributed by atoms with Crippen molar-refractivity contribution in [1.29, 1.82) is 0 Å². The Balaban J connectivity index is 2.57. The number of carbonyl (C=O) groups is 1. The minimum Gasteiger partial charge on any atom is -0.343 e. The minimum absolute atomic E-state index is 0.0933. The summed E-state index contributed by atoms with van der Waals surface area (Å²) in [5.74, 6) is -0.719. The Hall–Kier alpha value is -0.780. The molecule has 0 aromatic rings. The number of piperidine rings is 1. The van der Waals surface area contributed by atoms with E-state index in [2.05, 4.69) is 0 Å². The SMILES string of the molecule is N[C@@H]1CC[C@@H](C(F)(F)F)NC1=O. The zero-order valence-electron chi connectivity index (χ0n) is 6.19. The average molecular weight is 182 g/mol. The van der Waals surface area contributed by atoms with Crippen molar-refractivity contribution in [2.45, 2.75) is 31.1 Å². The number of rotatable bonds is 0. The van der Waals surface area contributed by atoms with E-state index in [4.69, 9.17) is 5.73 Å². The predicted molar refractivity (Wildman–Crippen MR) is 35.2 cm³/mol. The lowest BCUT2D eigenvalue weighted by atomic mass is 10.0. The van der Waals surface area contributed by atoms with Crippen LogP contribution in [0, 0.1) is 0 Å². The van der Waals surface area contributed by atoms with Crippen LogP contribution in [0.15, 0.2) is 0 Å². The zero-order valence-corrected chi connectivity index (χ0v) is 6.19. The van der Waals surface area contributed by atoms with Crippen LogP contribution >= 0.6 is 0 Å². The molecule has 70 valence electrons. The first-order chi connectivity index (χ1) is 5.41. The molecule has 0 saturated carbocycles. The molecule has 0 aliphatic carbocycles. The highest BCUT2D eigenvalue weighted by Crippen LogP contribution is 2.25. The van der Waals surface area contributed by atoms with E-state index in [0.29, 0.717) is 0 Å². The van der Waals surface area contributed by atoms with Crippen LogP contribution in [0.2, 0.25) is 0 Å². The molecule has 1 saturated heterocycles. The molecular formula is C6H9F3N2O. The second-order valence-corrected chi connectivity index (χ2v) is 2.79. The Morgan fingerprint density at radius 2 is 2.00 bits per heavy atom. The second kappa shape index (κ2) is 2.93. The number of hydrogen-bond donors (Lipinski definition) is 2. The highest BCUT2D eigenvalue weighted by Gasteiger charge is 2.43. The van der Waals surface area contributed by atoms with Crippen LogP contribution in [0.1, 0.15) is 12.8 Å². The minimum atomic E-state index is -4.35. The molecule has 0 unspecified atom stereocenters. The van der Waals surface area contributed by atoms with Gasteiger partial charge in [0.25, 0.3) is 0 Å². The van der Waals surface area contributed by atoms with Gasteiger partial charge in [-0.2, -0.15) is 13.2 Å². The smallest absolute Gasteiger partial charge is 0.343 e. The van der Waals surface area contributed by atoms with E-state index in [1.54, 1.807) is 0 Å². The highest BCUT2D eigenvalue weighted by molar-refractivity contribution is 5.82. The van der Waals surface area contributed by atoms with Gasteiger partial charge in [0.1, 0.15) is 6.04 Å². The second-order valence-electron chi connectivity index (χ2n) is 2.79. The van der Waals surface area contributed by atoms with Crippen LogP contribution in [-0.4, -0.2) is 24.2 Å². The molecule has 2 atom stereocenters. The van der Waals surface area contributed by atoms with E-state index >= 15 is 0 Å². The van der Waals surface area contributed by atoms with Gasteiger partial charge in [0, 0.05) is 0 Å². The summed E-state index contributed by atoms with van der Waals surface area (Å²) in [5.41, 5.74) is 5.20. The van der Waals surface area contributed by atoms with E-state index in [9.17, 15) is 18.0 Å². The third-order valence-electron chi connectivity index (χ3n) is 1.81. The van der Waals surface area contributed by atoms with Gasteiger partial charge >= 0.3 is 6.18 Å². The number of amides is 1. The summed E-state index contributed by atoms with van der Waals surface area (Å²) in [5, 5.41) is 1.82. The first-order valence-electron chi connectivity index (χ1n) is 3.54. The maximum absolute atomic E-state index is 12.0. The summed E-state index contributed by atoms with van der Waals surface area (Å²) in [6.45, 7) is 0. The van der Waals surface area contributed by atoms with E-state index in [1.807, 2.05) is 5.32 Å². The monoisotopic (exact) mass is 182 g/mol. The molecule has 3 nitrogen and oxygen atoms in total. The molecule has 0 aromatic heterocycles. The fraction of sp³-hybridized carbons (Fsp3) is 0.833. The molecule has 1 heterocycles. The summed E-state index contributed by atoms with van der Waals surface area (Å²) in [6.07, 6.45) is -4.39. The highest BCUT2D eigenvalue weighted by atomic mass is 19.4. The van der Waals surface area contributed by atoms with Crippen LogP contribution in [-0.2, 0) is 4.79 Å². The van der Waals surface area contributed by atoms with E-state index in [-0.39, 0.29) is 12.8 Å². The first kappa shape index (κ1) is 9.31. The van der Waals surface area contributed by atoms with Crippen molar-refractivity contribution in [3.8, 4) is 0 Å². The number of carbonyl (C=O) groups excluding carboxylic acids is 1. The van der Waals surface area contributed by atoms with Gasteiger partial charge < -0.3 is 11.1 Å². The third kappa shape index (κ3) is 1.88. The molecule has 1 amide bonds. The number of nitrogens with one attached hydrogen (secondary N) is 1. The van der Waals surface area contributed by atoms with Crippen molar-refractivity contribution >= 4 is 5.91 Å². The normalized spacial score (nSPS) is 31.5. The van der Waals surface area contributed by atoms with Gasteiger partial charge in [-0.1, -0.05) is 0 Å². The Bertz CT molecular complexity index is 192. The Morgan fingerprint density at radius 3 is 2.42 bits per heavy atom. The topological polar surface area (TPSA) is 55.1 Å². The fourth-order valence-corrected chi connectivity index (χ4v) is 1.07. The van der Waals surface area contributed by atoms with Gasteiger partial charge in [-0.3, -0.25) is 4.79 Å². The van der Waals surface area contributed by atoms with Crippen molar-refractivity contribution in [1.82, 2.24) is 5.32 Å². The largest absolute Gasteiger partial charge is 0.408 e. The molecule has 0 aromatic carbocycles. The molecule has 0 bridgehead atoms. The fourth-order valence-electron chi connectivity index (χ4n) is 1.07. The van der Waals surface area contributed by atoms with Crippen LogP contribution in [0.3, 0.4) is 0 Å². The summed E-state index contributed by atoms with van der Waals surface area (Å²) in [7, 11) is 0. The van der Waals surface area contributed by atoms with Gasteiger partial charge in [-0.15, -0.1) is 0 Å². The molecule has 3 N–H and O–H groups in total.